The number of aromatic amines is 1. The van der Waals surface area contributed by atoms with E-state index in [0.29, 0.717) is 10.7 Å². The number of nitro groups is 1. The fourth-order valence-electron chi connectivity index (χ4n) is 3.28. The minimum atomic E-state index is -0.806. The second-order valence-electron chi connectivity index (χ2n) is 6.68. The van der Waals surface area contributed by atoms with Crippen molar-refractivity contribution >= 4 is 34.1 Å². The third kappa shape index (κ3) is 3.72. The van der Waals surface area contributed by atoms with Crippen LogP contribution >= 0.6 is 11.6 Å². The van der Waals surface area contributed by atoms with Gasteiger partial charge in [-0.05, 0) is 24.3 Å². The number of H-pyrrole nitrogens is 1. The number of nitro benzene ring substituents is 1. The first-order valence-corrected chi connectivity index (χ1v) is 9.62. The van der Waals surface area contributed by atoms with E-state index in [2.05, 4.69) is 15.0 Å². The number of methoxy groups -OCH3 is 2. The van der Waals surface area contributed by atoms with E-state index in [1.807, 2.05) is 0 Å². The van der Waals surface area contributed by atoms with Crippen molar-refractivity contribution in [2.24, 2.45) is 0 Å². The molecule has 0 spiro atoms. The molecule has 3 N–H and O–H groups in total. The van der Waals surface area contributed by atoms with Gasteiger partial charge in [0.2, 0.25) is 0 Å². The van der Waals surface area contributed by atoms with E-state index in [4.69, 9.17) is 26.8 Å². The number of benzene rings is 2. The number of nitrogens with one attached hydrogen (secondary N) is 1. The Labute approximate surface area is 189 Å². The zero-order valence-corrected chi connectivity index (χ0v) is 17.9. The van der Waals surface area contributed by atoms with Crippen LogP contribution in [-0.4, -0.2) is 38.7 Å². The Morgan fingerprint density at radius 1 is 1.06 bits per heavy atom. The van der Waals surface area contributed by atoms with Crippen LogP contribution in [0.3, 0.4) is 0 Å². The van der Waals surface area contributed by atoms with Crippen molar-refractivity contribution in [3.8, 4) is 28.6 Å². The summed E-state index contributed by atoms with van der Waals surface area (Å²) in [5.74, 6) is -0.0512. The van der Waals surface area contributed by atoms with Crippen LogP contribution < -0.4 is 26.5 Å². The molecule has 0 aliphatic carbocycles. The van der Waals surface area contributed by atoms with Crippen molar-refractivity contribution in [1.82, 2.24) is 19.5 Å². The Morgan fingerprint density at radius 2 is 1.70 bits per heavy atom. The van der Waals surface area contributed by atoms with Gasteiger partial charge < -0.3 is 20.2 Å². The SMILES string of the molecule is COc1cc(-c2nc3c(N)n(-c4ccc(Cl)cc4)c(=O)nc3c(=O)[nH]2)c([N+](=O)[O-])cc1OC. The maximum absolute atomic E-state index is 12.7. The molecular weight excluding hydrogens is 456 g/mol. The molecule has 0 atom stereocenters. The summed E-state index contributed by atoms with van der Waals surface area (Å²) in [5, 5.41) is 12.1. The summed E-state index contributed by atoms with van der Waals surface area (Å²) in [7, 11) is 2.69. The Balaban J connectivity index is 2.04. The van der Waals surface area contributed by atoms with Gasteiger partial charge in [-0.15, -0.1) is 0 Å². The number of rotatable bonds is 5. The van der Waals surface area contributed by atoms with E-state index in [1.54, 1.807) is 24.3 Å². The lowest BCUT2D eigenvalue weighted by atomic mass is 10.1. The first-order chi connectivity index (χ1) is 15.7. The number of anilines is 1. The van der Waals surface area contributed by atoms with Crippen molar-refractivity contribution < 1.29 is 14.4 Å². The number of halogens is 1. The van der Waals surface area contributed by atoms with Gasteiger partial charge in [-0.3, -0.25) is 14.9 Å². The molecule has 2 aromatic carbocycles. The van der Waals surface area contributed by atoms with Gasteiger partial charge in [0, 0.05) is 11.1 Å². The van der Waals surface area contributed by atoms with Crippen LogP contribution in [0.4, 0.5) is 11.5 Å². The first-order valence-electron chi connectivity index (χ1n) is 9.24. The summed E-state index contributed by atoms with van der Waals surface area (Å²) >= 11 is 5.90. The van der Waals surface area contributed by atoms with Crippen LogP contribution in [0.5, 0.6) is 11.5 Å². The van der Waals surface area contributed by atoms with E-state index in [-0.39, 0.29) is 39.7 Å². The minimum absolute atomic E-state index is 0.0553. The van der Waals surface area contributed by atoms with E-state index in [1.165, 1.54) is 20.3 Å². The largest absolute Gasteiger partial charge is 0.493 e. The maximum Gasteiger partial charge on any atom is 0.354 e. The Bertz CT molecular complexity index is 1530. The number of aromatic nitrogens is 4. The summed E-state index contributed by atoms with van der Waals surface area (Å²) in [5.41, 5.74) is 4.06. The average molecular weight is 471 g/mol. The summed E-state index contributed by atoms with van der Waals surface area (Å²) in [6.07, 6.45) is 0. The van der Waals surface area contributed by atoms with Crippen molar-refractivity contribution in [2.45, 2.75) is 0 Å². The lowest BCUT2D eigenvalue weighted by Gasteiger charge is -2.13. The lowest BCUT2D eigenvalue weighted by molar-refractivity contribution is -0.384. The second-order valence-corrected chi connectivity index (χ2v) is 7.12. The molecule has 33 heavy (non-hydrogen) atoms. The van der Waals surface area contributed by atoms with Gasteiger partial charge in [-0.2, -0.15) is 4.98 Å². The highest BCUT2D eigenvalue weighted by Gasteiger charge is 2.24. The van der Waals surface area contributed by atoms with Crippen LogP contribution in [0.1, 0.15) is 0 Å². The number of hydrogen-bond donors (Lipinski definition) is 2. The molecule has 0 fully saturated rings. The standard InChI is InChI=1S/C20H15ClN6O6/c1-32-13-7-11(12(27(30)31)8-14(13)33-2)18-23-15-16(19(28)25-18)24-20(29)26(17(15)22)10-5-3-9(21)4-6-10/h3-8H,22H2,1-2H3,(H,23,25,28). The minimum Gasteiger partial charge on any atom is -0.493 e. The molecule has 0 bridgehead atoms. The van der Waals surface area contributed by atoms with Gasteiger partial charge in [-0.25, -0.2) is 14.3 Å². The number of hydrogen-bond acceptors (Lipinski definition) is 9. The Kier molecular flexibility index (Phi) is 5.44. The van der Waals surface area contributed by atoms with Gasteiger partial charge >= 0.3 is 5.69 Å². The van der Waals surface area contributed by atoms with Crippen LogP contribution in [0.2, 0.25) is 5.02 Å². The second kappa shape index (κ2) is 8.24. The van der Waals surface area contributed by atoms with Crippen LogP contribution in [0, 0.1) is 10.1 Å². The molecule has 0 unspecified atom stereocenters. The normalized spacial score (nSPS) is 10.9. The fraction of sp³-hybridized carbons (Fsp3) is 0.100. The molecular formula is C20H15ClN6O6. The van der Waals surface area contributed by atoms with Gasteiger partial charge in [0.15, 0.2) is 17.0 Å². The molecule has 13 heteroatoms. The smallest absolute Gasteiger partial charge is 0.354 e. The predicted molar refractivity (Wildman–Crippen MR) is 120 cm³/mol. The van der Waals surface area contributed by atoms with Crippen molar-refractivity contribution in [3.63, 3.8) is 0 Å². The lowest BCUT2D eigenvalue weighted by Crippen LogP contribution is -2.27. The monoisotopic (exact) mass is 470 g/mol. The number of nitrogens with two attached hydrogens (primary N) is 1. The van der Waals surface area contributed by atoms with Gasteiger partial charge in [-0.1, -0.05) is 11.6 Å². The molecule has 4 aromatic rings. The van der Waals surface area contributed by atoms with Gasteiger partial charge in [0.25, 0.3) is 11.2 Å². The topological polar surface area (TPSA) is 168 Å². The van der Waals surface area contributed by atoms with E-state index in [0.717, 1.165) is 10.6 Å². The molecule has 0 amide bonds. The van der Waals surface area contributed by atoms with Crippen molar-refractivity contribution in [3.05, 3.63) is 72.4 Å². The Morgan fingerprint density at radius 3 is 2.30 bits per heavy atom. The summed E-state index contributed by atoms with van der Waals surface area (Å²) in [6.45, 7) is 0. The molecule has 12 nitrogen and oxygen atoms in total. The van der Waals surface area contributed by atoms with Crippen LogP contribution in [0.15, 0.2) is 46.0 Å². The third-order valence-electron chi connectivity index (χ3n) is 4.82. The number of ether oxygens (including phenoxy) is 2. The summed E-state index contributed by atoms with van der Waals surface area (Å²) in [4.78, 5) is 46.9. The quantitative estimate of drug-likeness (QED) is 0.328. The first kappa shape index (κ1) is 21.8. The number of fused-ring (bicyclic) bond motifs is 1. The molecule has 2 aromatic heterocycles. The molecule has 0 aliphatic rings. The van der Waals surface area contributed by atoms with Gasteiger partial charge in [0.05, 0.1) is 36.5 Å². The molecule has 0 saturated carbocycles. The predicted octanol–water partition coefficient (Wildman–Crippen LogP) is 2.30. The fourth-order valence-corrected chi connectivity index (χ4v) is 3.41. The third-order valence-corrected chi connectivity index (χ3v) is 5.07. The van der Waals surface area contributed by atoms with Crippen LogP contribution in [0.25, 0.3) is 28.1 Å². The van der Waals surface area contributed by atoms with Crippen molar-refractivity contribution in [1.29, 1.82) is 0 Å². The number of nitrogen functional groups attached to an aromatic ring is 1. The van der Waals surface area contributed by atoms with Crippen LogP contribution in [-0.2, 0) is 0 Å². The zero-order chi connectivity index (χ0) is 23.9. The molecule has 0 saturated heterocycles. The summed E-state index contributed by atoms with van der Waals surface area (Å²) in [6, 6.07) is 8.64. The highest BCUT2D eigenvalue weighted by atomic mass is 35.5. The highest BCUT2D eigenvalue weighted by molar-refractivity contribution is 6.30. The van der Waals surface area contributed by atoms with Gasteiger partial charge in [0.1, 0.15) is 17.2 Å². The molecule has 0 radical (unpaired) electrons. The molecule has 4 rings (SSSR count). The maximum atomic E-state index is 12.7. The molecule has 168 valence electrons. The molecule has 2 heterocycles. The average Bonchev–Trinajstić information content (AvgIpc) is 2.79. The number of nitrogens with zero attached hydrogens (tertiary/aromatic N) is 4. The van der Waals surface area contributed by atoms with E-state index >= 15 is 0 Å². The molecule has 0 aliphatic heterocycles. The summed E-state index contributed by atoms with van der Waals surface area (Å²) < 4.78 is 11.4. The Hall–Kier alpha value is -4.45. The van der Waals surface area contributed by atoms with Crippen molar-refractivity contribution in [2.75, 3.05) is 20.0 Å². The van der Waals surface area contributed by atoms with E-state index in [9.17, 15) is 19.7 Å². The van der Waals surface area contributed by atoms with E-state index < -0.39 is 21.9 Å². The zero-order valence-electron chi connectivity index (χ0n) is 17.2. The highest BCUT2D eigenvalue weighted by Crippen LogP contribution is 2.38.